The summed E-state index contributed by atoms with van der Waals surface area (Å²) in [6.45, 7) is -0.720. The van der Waals surface area contributed by atoms with Crippen molar-refractivity contribution in [1.82, 2.24) is 14.7 Å². The Hall–Kier alpha value is -3.18. The lowest BCUT2D eigenvalue weighted by atomic mass is 9.99. The number of carbonyl (C=O) groups excluding carboxylic acids is 3. The van der Waals surface area contributed by atoms with E-state index in [4.69, 9.17) is 10.5 Å². The molecule has 3 aromatic rings. The highest BCUT2D eigenvalue weighted by molar-refractivity contribution is 9.10. The largest absolute Gasteiger partial charge is 0.376 e. The number of fused-ring (bicyclic) bond motifs is 1. The molecule has 3 atom stereocenters. The van der Waals surface area contributed by atoms with Gasteiger partial charge in [0.05, 0.1) is 16.5 Å². The molecule has 11 heteroatoms. The van der Waals surface area contributed by atoms with Crippen LogP contribution in [-0.2, 0) is 27.3 Å². The maximum atomic E-state index is 14.8. The zero-order chi connectivity index (χ0) is 24.6. The van der Waals surface area contributed by atoms with Gasteiger partial charge < -0.3 is 15.4 Å². The standard InChI is InChI=1S/C23H21BrF2N4O4/c1-34-22-15(25)10-29(21(22)17(31)9-12-5-4-7-14(24)19(12)26)18(32)11-30-16-8-3-2-6-13(16)20(28-30)23(27)33/h2-8,15,21-22H,9-11H2,1H3,(H2,27,33)/t15-,21+,22+/m0/s1. The van der Waals surface area contributed by atoms with Crippen LogP contribution in [0.5, 0.6) is 0 Å². The van der Waals surface area contributed by atoms with E-state index in [2.05, 4.69) is 21.0 Å². The van der Waals surface area contributed by atoms with Crippen LogP contribution in [0.3, 0.4) is 0 Å². The third-order valence-electron chi connectivity index (χ3n) is 5.87. The first-order valence-corrected chi connectivity index (χ1v) is 11.2. The molecule has 0 radical (unpaired) electrons. The number of halogens is 3. The minimum Gasteiger partial charge on any atom is -0.376 e. The average Bonchev–Trinajstić information content (AvgIpc) is 3.34. The van der Waals surface area contributed by atoms with Crippen molar-refractivity contribution in [2.45, 2.75) is 31.3 Å². The number of Topliss-reactive ketones (excluding diaryl/α,β-unsaturated/α-hetero) is 1. The summed E-state index contributed by atoms with van der Waals surface area (Å²) in [5.41, 5.74) is 6.01. The lowest BCUT2D eigenvalue weighted by Crippen LogP contribution is -2.47. The van der Waals surface area contributed by atoms with E-state index in [1.165, 1.54) is 23.9 Å². The number of likely N-dealkylation sites (tertiary alicyclic amines) is 1. The molecule has 1 aromatic heterocycles. The average molecular weight is 535 g/mol. The van der Waals surface area contributed by atoms with Gasteiger partial charge in [0.1, 0.15) is 30.7 Å². The van der Waals surface area contributed by atoms with Crippen LogP contribution in [0.1, 0.15) is 16.1 Å². The zero-order valence-electron chi connectivity index (χ0n) is 18.1. The molecule has 2 aromatic carbocycles. The zero-order valence-corrected chi connectivity index (χ0v) is 19.7. The number of benzene rings is 2. The minimum atomic E-state index is -1.61. The SMILES string of the molecule is CO[C@H]1[C@@H](C(=O)Cc2cccc(Br)c2F)N(C(=O)Cn2nc(C(N)=O)c3ccccc32)C[C@@H]1F. The predicted octanol–water partition coefficient (Wildman–Crippen LogP) is 2.41. The van der Waals surface area contributed by atoms with Crippen LogP contribution < -0.4 is 5.73 Å². The van der Waals surface area contributed by atoms with Crippen molar-refractivity contribution < 1.29 is 27.9 Å². The summed E-state index contributed by atoms with van der Waals surface area (Å²) >= 11 is 3.08. The molecular weight excluding hydrogens is 514 g/mol. The number of methoxy groups -OCH3 is 1. The Morgan fingerprint density at radius 1 is 1.21 bits per heavy atom. The lowest BCUT2D eigenvalue weighted by Gasteiger charge is -2.26. The van der Waals surface area contributed by atoms with Gasteiger partial charge in [-0.15, -0.1) is 0 Å². The highest BCUT2D eigenvalue weighted by atomic mass is 79.9. The number of ketones is 1. The summed E-state index contributed by atoms with van der Waals surface area (Å²) in [6.07, 6.45) is -3.14. The summed E-state index contributed by atoms with van der Waals surface area (Å²) in [4.78, 5) is 39.2. The van der Waals surface area contributed by atoms with E-state index >= 15 is 0 Å². The Morgan fingerprint density at radius 2 is 1.94 bits per heavy atom. The predicted molar refractivity (Wildman–Crippen MR) is 122 cm³/mol. The molecule has 2 amide bonds. The number of ether oxygens (including phenoxy) is 1. The molecule has 4 rings (SSSR count). The number of carbonyl (C=O) groups is 3. The van der Waals surface area contributed by atoms with Crippen molar-refractivity contribution in [3.8, 4) is 0 Å². The molecule has 34 heavy (non-hydrogen) atoms. The van der Waals surface area contributed by atoms with E-state index in [-0.39, 0.29) is 35.2 Å². The van der Waals surface area contributed by atoms with Gasteiger partial charge in [-0.2, -0.15) is 5.10 Å². The monoisotopic (exact) mass is 534 g/mol. The molecular formula is C23H21BrF2N4O4. The fraction of sp³-hybridized carbons (Fsp3) is 0.304. The quantitative estimate of drug-likeness (QED) is 0.500. The number of nitrogens with zero attached hydrogens (tertiary/aromatic N) is 3. The van der Waals surface area contributed by atoms with E-state index in [0.29, 0.717) is 10.9 Å². The molecule has 2 N–H and O–H groups in total. The summed E-state index contributed by atoms with van der Waals surface area (Å²) < 4.78 is 35.9. The molecule has 0 unspecified atom stereocenters. The number of para-hydroxylation sites is 1. The molecule has 0 saturated carbocycles. The Balaban J connectivity index is 1.62. The van der Waals surface area contributed by atoms with Crippen LogP contribution in [0.4, 0.5) is 8.78 Å². The second-order valence-corrected chi connectivity index (χ2v) is 8.81. The van der Waals surface area contributed by atoms with Gasteiger partial charge >= 0.3 is 0 Å². The van der Waals surface area contributed by atoms with Crippen molar-refractivity contribution >= 4 is 44.4 Å². The summed E-state index contributed by atoms with van der Waals surface area (Å²) in [5.74, 6) is -2.50. The third kappa shape index (κ3) is 4.32. The van der Waals surface area contributed by atoms with Crippen molar-refractivity contribution in [1.29, 1.82) is 0 Å². The molecule has 0 aliphatic carbocycles. The van der Waals surface area contributed by atoms with Gasteiger partial charge in [-0.05, 0) is 33.6 Å². The second kappa shape index (κ2) is 9.59. The Kier molecular flexibility index (Phi) is 6.76. The molecule has 2 heterocycles. The fourth-order valence-electron chi connectivity index (χ4n) is 4.30. The van der Waals surface area contributed by atoms with Crippen LogP contribution in [0.2, 0.25) is 0 Å². The number of aromatic nitrogens is 2. The van der Waals surface area contributed by atoms with Crippen LogP contribution in [-0.4, -0.2) is 64.3 Å². The van der Waals surface area contributed by atoms with Gasteiger partial charge in [-0.3, -0.25) is 19.1 Å². The van der Waals surface area contributed by atoms with E-state index < -0.39 is 41.7 Å². The lowest BCUT2D eigenvalue weighted by molar-refractivity contribution is -0.140. The van der Waals surface area contributed by atoms with Crippen molar-refractivity contribution in [3.63, 3.8) is 0 Å². The van der Waals surface area contributed by atoms with Crippen molar-refractivity contribution in [2.75, 3.05) is 13.7 Å². The van der Waals surface area contributed by atoms with E-state index in [9.17, 15) is 23.2 Å². The first kappa shape index (κ1) is 24.0. The second-order valence-electron chi connectivity index (χ2n) is 7.95. The summed E-state index contributed by atoms with van der Waals surface area (Å²) in [7, 11) is 1.26. The number of amides is 2. The van der Waals surface area contributed by atoms with Gasteiger partial charge in [-0.1, -0.05) is 30.3 Å². The summed E-state index contributed by atoms with van der Waals surface area (Å²) in [5, 5.41) is 4.62. The minimum absolute atomic E-state index is 0.000661. The van der Waals surface area contributed by atoms with Gasteiger partial charge in [0.15, 0.2) is 11.5 Å². The Morgan fingerprint density at radius 3 is 2.65 bits per heavy atom. The number of primary amides is 1. The Labute approximate surface area is 201 Å². The van der Waals surface area contributed by atoms with Crippen LogP contribution in [0, 0.1) is 5.82 Å². The molecule has 0 bridgehead atoms. The van der Waals surface area contributed by atoms with Gasteiger partial charge in [-0.25, -0.2) is 8.78 Å². The molecule has 1 aliphatic rings. The van der Waals surface area contributed by atoms with Gasteiger partial charge in [0.2, 0.25) is 5.91 Å². The van der Waals surface area contributed by atoms with E-state index in [0.717, 1.165) is 4.90 Å². The first-order valence-electron chi connectivity index (χ1n) is 10.4. The number of rotatable bonds is 7. The third-order valence-corrected chi connectivity index (χ3v) is 6.48. The molecule has 8 nitrogen and oxygen atoms in total. The maximum Gasteiger partial charge on any atom is 0.269 e. The number of nitrogens with two attached hydrogens (primary N) is 1. The van der Waals surface area contributed by atoms with Crippen LogP contribution in [0.25, 0.3) is 10.9 Å². The number of hydrogen-bond donors (Lipinski definition) is 1. The van der Waals surface area contributed by atoms with E-state index in [1.807, 2.05) is 0 Å². The van der Waals surface area contributed by atoms with Crippen molar-refractivity contribution in [3.05, 3.63) is 64.0 Å². The maximum absolute atomic E-state index is 14.8. The molecule has 1 aliphatic heterocycles. The normalized spacial score (nSPS) is 20.1. The smallest absolute Gasteiger partial charge is 0.269 e. The van der Waals surface area contributed by atoms with Crippen molar-refractivity contribution in [2.24, 2.45) is 5.73 Å². The topological polar surface area (TPSA) is 108 Å². The summed E-state index contributed by atoms with van der Waals surface area (Å²) in [6, 6.07) is 10.0. The Bertz CT molecular complexity index is 1280. The molecule has 1 saturated heterocycles. The number of hydrogen-bond acceptors (Lipinski definition) is 5. The van der Waals surface area contributed by atoms with Gasteiger partial charge in [0, 0.05) is 18.9 Å². The van der Waals surface area contributed by atoms with Crippen LogP contribution in [0.15, 0.2) is 46.9 Å². The molecule has 178 valence electrons. The van der Waals surface area contributed by atoms with Gasteiger partial charge in [0.25, 0.3) is 5.91 Å². The highest BCUT2D eigenvalue weighted by Crippen LogP contribution is 2.28. The number of alkyl halides is 1. The molecule has 0 spiro atoms. The highest BCUT2D eigenvalue weighted by Gasteiger charge is 2.48. The van der Waals surface area contributed by atoms with E-state index in [1.54, 1.807) is 30.3 Å². The molecule has 1 fully saturated rings. The van der Waals surface area contributed by atoms with Crippen LogP contribution >= 0.6 is 15.9 Å². The first-order chi connectivity index (χ1) is 16.2. The fourth-order valence-corrected chi connectivity index (χ4v) is 4.70.